The molecule has 1 rings (SSSR count). The van der Waals surface area contributed by atoms with E-state index in [0.29, 0.717) is 0 Å². The molecule has 0 fully saturated rings. The molecule has 66 valence electrons. The van der Waals surface area contributed by atoms with Gasteiger partial charge in [-0.3, -0.25) is 0 Å². The Labute approximate surface area is 74.9 Å². The third-order valence-corrected chi connectivity index (χ3v) is 2.26. The molecule has 0 saturated heterocycles. The lowest BCUT2D eigenvalue weighted by molar-refractivity contribution is 0.686. The van der Waals surface area contributed by atoms with Crippen LogP contribution < -0.4 is 5.32 Å². The molecule has 1 heterocycles. The first-order valence-electron chi connectivity index (χ1n) is 4.44. The van der Waals surface area contributed by atoms with Crippen molar-refractivity contribution in [1.82, 2.24) is 5.32 Å². The maximum atomic E-state index is 3.74. The standard InChI is InChI=1S/C11H17N/c1-4-9(2)7-11-8-12-6-5-10(11)3/h4,7,12H,1,5-6,8H2,2-3H3/b9-7-. The van der Waals surface area contributed by atoms with Gasteiger partial charge in [-0.25, -0.2) is 0 Å². The molecule has 0 aromatic rings. The fourth-order valence-electron chi connectivity index (χ4n) is 1.32. The molecular weight excluding hydrogens is 146 g/mol. The van der Waals surface area contributed by atoms with Crippen molar-refractivity contribution in [3.8, 4) is 0 Å². The molecule has 0 atom stereocenters. The maximum Gasteiger partial charge on any atom is 0.0205 e. The third kappa shape index (κ3) is 2.35. The van der Waals surface area contributed by atoms with Gasteiger partial charge >= 0.3 is 0 Å². The lowest BCUT2D eigenvalue weighted by atomic mass is 10.0. The predicted molar refractivity (Wildman–Crippen MR) is 54.1 cm³/mol. The molecule has 0 spiro atoms. The second-order valence-electron chi connectivity index (χ2n) is 3.32. The molecule has 0 saturated carbocycles. The van der Waals surface area contributed by atoms with Gasteiger partial charge in [-0.2, -0.15) is 0 Å². The zero-order chi connectivity index (χ0) is 8.97. The second kappa shape index (κ2) is 4.27. The Bertz CT molecular complexity index is 233. The van der Waals surface area contributed by atoms with Gasteiger partial charge in [0, 0.05) is 6.54 Å². The molecule has 0 aromatic carbocycles. The molecule has 1 N–H and O–H groups in total. The highest BCUT2D eigenvalue weighted by atomic mass is 14.9. The summed E-state index contributed by atoms with van der Waals surface area (Å²) in [6.07, 6.45) is 5.29. The number of hydrogen-bond acceptors (Lipinski definition) is 1. The Morgan fingerprint density at radius 2 is 2.33 bits per heavy atom. The van der Waals surface area contributed by atoms with Crippen molar-refractivity contribution in [1.29, 1.82) is 0 Å². The molecular formula is C11H17N. The largest absolute Gasteiger partial charge is 0.312 e. The summed E-state index contributed by atoms with van der Waals surface area (Å²) in [7, 11) is 0. The van der Waals surface area contributed by atoms with Crippen molar-refractivity contribution in [3.05, 3.63) is 35.5 Å². The summed E-state index contributed by atoms with van der Waals surface area (Å²) >= 11 is 0. The van der Waals surface area contributed by atoms with Crippen molar-refractivity contribution in [2.45, 2.75) is 20.3 Å². The number of rotatable bonds is 2. The van der Waals surface area contributed by atoms with Gasteiger partial charge < -0.3 is 5.32 Å². The van der Waals surface area contributed by atoms with Crippen LogP contribution in [0.1, 0.15) is 20.3 Å². The molecule has 1 aliphatic rings. The molecule has 0 bridgehead atoms. The zero-order valence-corrected chi connectivity index (χ0v) is 7.98. The SMILES string of the molecule is C=C/C(C)=C\C1=C(C)CCNC1. The summed E-state index contributed by atoms with van der Waals surface area (Å²) in [6, 6.07) is 0. The zero-order valence-electron chi connectivity index (χ0n) is 7.98. The predicted octanol–water partition coefficient (Wildman–Crippen LogP) is 2.43. The van der Waals surface area contributed by atoms with Crippen LogP contribution in [0.3, 0.4) is 0 Å². The van der Waals surface area contributed by atoms with E-state index in [-0.39, 0.29) is 0 Å². The number of hydrogen-bond donors (Lipinski definition) is 1. The lowest BCUT2D eigenvalue weighted by Gasteiger charge is -2.16. The van der Waals surface area contributed by atoms with Gasteiger partial charge in [0.05, 0.1) is 0 Å². The van der Waals surface area contributed by atoms with Crippen LogP contribution >= 0.6 is 0 Å². The molecule has 0 amide bonds. The summed E-state index contributed by atoms with van der Waals surface area (Å²) in [6.45, 7) is 10.2. The molecule has 0 unspecified atom stereocenters. The Kier molecular flexibility index (Phi) is 3.30. The molecule has 0 radical (unpaired) electrons. The lowest BCUT2D eigenvalue weighted by Crippen LogP contribution is -2.23. The Morgan fingerprint density at radius 3 is 2.92 bits per heavy atom. The van der Waals surface area contributed by atoms with Crippen molar-refractivity contribution < 1.29 is 0 Å². The third-order valence-electron chi connectivity index (χ3n) is 2.26. The fourth-order valence-corrected chi connectivity index (χ4v) is 1.32. The van der Waals surface area contributed by atoms with Crippen LogP contribution in [0.25, 0.3) is 0 Å². The van der Waals surface area contributed by atoms with Crippen LogP contribution in [0.15, 0.2) is 35.5 Å². The van der Waals surface area contributed by atoms with E-state index < -0.39 is 0 Å². The summed E-state index contributed by atoms with van der Waals surface area (Å²) in [5.74, 6) is 0. The van der Waals surface area contributed by atoms with Crippen LogP contribution in [0.4, 0.5) is 0 Å². The van der Waals surface area contributed by atoms with Crippen molar-refractivity contribution >= 4 is 0 Å². The van der Waals surface area contributed by atoms with E-state index in [2.05, 4.69) is 31.8 Å². The fraction of sp³-hybridized carbons (Fsp3) is 0.455. The quantitative estimate of drug-likeness (QED) is 0.616. The van der Waals surface area contributed by atoms with Crippen molar-refractivity contribution in [2.24, 2.45) is 0 Å². The first-order chi connectivity index (χ1) is 5.74. The minimum absolute atomic E-state index is 1.01. The number of nitrogens with one attached hydrogen (secondary N) is 1. The maximum absolute atomic E-state index is 3.74. The Morgan fingerprint density at radius 1 is 1.58 bits per heavy atom. The van der Waals surface area contributed by atoms with Gasteiger partial charge in [0.25, 0.3) is 0 Å². The minimum Gasteiger partial charge on any atom is -0.312 e. The van der Waals surface area contributed by atoms with E-state index in [0.717, 1.165) is 13.1 Å². The summed E-state index contributed by atoms with van der Waals surface area (Å²) < 4.78 is 0. The van der Waals surface area contributed by atoms with Gasteiger partial charge in [0.2, 0.25) is 0 Å². The second-order valence-corrected chi connectivity index (χ2v) is 3.32. The first kappa shape index (κ1) is 9.27. The van der Waals surface area contributed by atoms with Gasteiger partial charge in [-0.15, -0.1) is 0 Å². The van der Waals surface area contributed by atoms with E-state index in [1.54, 1.807) is 0 Å². The van der Waals surface area contributed by atoms with E-state index in [9.17, 15) is 0 Å². The van der Waals surface area contributed by atoms with Crippen molar-refractivity contribution in [3.63, 3.8) is 0 Å². The highest BCUT2D eigenvalue weighted by molar-refractivity contribution is 5.33. The number of allylic oxidation sites excluding steroid dienone is 2. The topological polar surface area (TPSA) is 12.0 Å². The van der Waals surface area contributed by atoms with E-state index in [4.69, 9.17) is 0 Å². The molecule has 0 aliphatic carbocycles. The van der Waals surface area contributed by atoms with Crippen LogP contribution in [0.5, 0.6) is 0 Å². The summed E-state index contributed by atoms with van der Waals surface area (Å²) in [5.41, 5.74) is 4.18. The molecule has 12 heavy (non-hydrogen) atoms. The van der Waals surface area contributed by atoms with Crippen molar-refractivity contribution in [2.75, 3.05) is 13.1 Å². The molecule has 0 aromatic heterocycles. The highest BCUT2D eigenvalue weighted by Gasteiger charge is 2.05. The average Bonchev–Trinajstić information content (AvgIpc) is 2.09. The van der Waals surface area contributed by atoms with E-state index >= 15 is 0 Å². The Balaban J connectivity index is 2.78. The summed E-state index contributed by atoms with van der Waals surface area (Å²) in [4.78, 5) is 0. The summed E-state index contributed by atoms with van der Waals surface area (Å²) in [5, 5.41) is 3.36. The van der Waals surface area contributed by atoms with Crippen LogP contribution in [0, 0.1) is 0 Å². The highest BCUT2D eigenvalue weighted by Crippen LogP contribution is 2.14. The molecule has 1 heteroatoms. The normalized spacial score (nSPS) is 19.7. The average molecular weight is 163 g/mol. The van der Waals surface area contributed by atoms with Gasteiger partial charge in [-0.05, 0) is 32.4 Å². The van der Waals surface area contributed by atoms with Gasteiger partial charge in [-0.1, -0.05) is 29.9 Å². The Hall–Kier alpha value is -0.820. The van der Waals surface area contributed by atoms with Crippen LogP contribution in [-0.4, -0.2) is 13.1 Å². The molecule has 1 nitrogen and oxygen atoms in total. The smallest absolute Gasteiger partial charge is 0.0205 e. The van der Waals surface area contributed by atoms with Crippen LogP contribution in [-0.2, 0) is 0 Å². The van der Waals surface area contributed by atoms with E-state index in [1.807, 2.05) is 6.08 Å². The molecule has 1 aliphatic heterocycles. The first-order valence-corrected chi connectivity index (χ1v) is 4.44. The van der Waals surface area contributed by atoms with E-state index in [1.165, 1.54) is 23.1 Å². The monoisotopic (exact) mass is 163 g/mol. The van der Waals surface area contributed by atoms with Gasteiger partial charge in [0.1, 0.15) is 0 Å². The minimum atomic E-state index is 1.01. The van der Waals surface area contributed by atoms with Gasteiger partial charge in [0.15, 0.2) is 0 Å². The van der Waals surface area contributed by atoms with Crippen LogP contribution in [0.2, 0.25) is 0 Å².